The van der Waals surface area contributed by atoms with Gasteiger partial charge in [-0.25, -0.2) is 4.98 Å². The first-order chi connectivity index (χ1) is 12.9. The summed E-state index contributed by atoms with van der Waals surface area (Å²) in [6.45, 7) is 6.18. The van der Waals surface area contributed by atoms with Crippen LogP contribution in [0.3, 0.4) is 0 Å². The molecule has 2 aliphatic heterocycles. The first-order valence-corrected chi connectivity index (χ1v) is 9.34. The number of aromatic nitrogens is 1. The fraction of sp³-hybridized carbons (Fsp3) is 0.450. The summed E-state index contributed by atoms with van der Waals surface area (Å²) < 4.78 is 0. The average molecular weight is 368 g/mol. The molecule has 3 N–H and O–H groups in total. The van der Waals surface area contributed by atoms with Gasteiger partial charge in [-0.3, -0.25) is 9.59 Å². The zero-order valence-corrected chi connectivity index (χ0v) is 15.6. The molecule has 2 fully saturated rings. The van der Waals surface area contributed by atoms with E-state index in [1.807, 2.05) is 26.0 Å². The molecule has 2 amide bonds. The number of hydrogen-bond acceptors (Lipinski definition) is 5. The van der Waals surface area contributed by atoms with Gasteiger partial charge in [0.1, 0.15) is 22.5 Å². The summed E-state index contributed by atoms with van der Waals surface area (Å²) in [5, 5.41) is 17.4. The Morgan fingerprint density at radius 2 is 1.93 bits per heavy atom. The van der Waals surface area contributed by atoms with Crippen LogP contribution in [-0.4, -0.2) is 58.5 Å². The van der Waals surface area contributed by atoms with Gasteiger partial charge < -0.3 is 20.6 Å². The van der Waals surface area contributed by atoms with Crippen LogP contribution in [0.4, 0.5) is 0 Å². The van der Waals surface area contributed by atoms with Gasteiger partial charge in [0, 0.05) is 31.6 Å². The number of pyridine rings is 1. The van der Waals surface area contributed by atoms with Crippen LogP contribution >= 0.6 is 0 Å². The number of hydrogen-bond donors (Lipinski definition) is 3. The van der Waals surface area contributed by atoms with E-state index in [0.29, 0.717) is 43.7 Å². The monoisotopic (exact) mass is 368 g/mol. The van der Waals surface area contributed by atoms with Gasteiger partial charge in [-0.05, 0) is 43.9 Å². The van der Waals surface area contributed by atoms with E-state index in [0.717, 1.165) is 23.1 Å². The second kappa shape index (κ2) is 6.49. The Kier molecular flexibility index (Phi) is 4.26. The standard InChI is InChI=1S/C20H24N4O3/c1-12-11-13(2)17(25)16-14(12)3-4-15(23-16)18(26)24-9-5-20(6-10-24)19(27)21-7-8-22-20/h3-4,11,22,25H,5-10H2,1-2H3,(H,21,27). The Hall–Kier alpha value is -2.67. The number of rotatable bonds is 1. The quantitative estimate of drug-likeness (QED) is 0.704. The Bertz CT molecular complexity index is 932. The molecule has 7 heteroatoms. The number of likely N-dealkylation sites (tertiary alicyclic amines) is 1. The third kappa shape index (κ3) is 2.92. The minimum Gasteiger partial charge on any atom is -0.505 e. The Morgan fingerprint density at radius 1 is 1.19 bits per heavy atom. The molecule has 2 aromatic rings. The molecule has 0 radical (unpaired) electrons. The van der Waals surface area contributed by atoms with Crippen molar-refractivity contribution >= 4 is 22.7 Å². The van der Waals surface area contributed by atoms with Crippen LogP contribution in [0.15, 0.2) is 18.2 Å². The molecular formula is C20H24N4O3. The van der Waals surface area contributed by atoms with Crippen molar-refractivity contribution in [3.8, 4) is 5.75 Å². The van der Waals surface area contributed by atoms with Gasteiger partial charge in [-0.2, -0.15) is 0 Å². The van der Waals surface area contributed by atoms with E-state index in [-0.39, 0.29) is 17.6 Å². The number of phenols is 1. The number of piperazine rings is 1. The lowest BCUT2D eigenvalue weighted by Crippen LogP contribution is -2.66. The molecule has 2 saturated heterocycles. The zero-order valence-electron chi connectivity index (χ0n) is 15.6. The molecule has 0 bridgehead atoms. The number of phenolic OH excluding ortho intramolecular Hbond substituents is 1. The molecule has 3 heterocycles. The van der Waals surface area contributed by atoms with Gasteiger partial charge in [0.2, 0.25) is 5.91 Å². The molecular weight excluding hydrogens is 344 g/mol. The molecule has 142 valence electrons. The van der Waals surface area contributed by atoms with E-state index in [4.69, 9.17) is 0 Å². The van der Waals surface area contributed by atoms with Crippen molar-refractivity contribution in [3.63, 3.8) is 0 Å². The summed E-state index contributed by atoms with van der Waals surface area (Å²) in [4.78, 5) is 31.4. The topological polar surface area (TPSA) is 94.6 Å². The second-order valence-electron chi connectivity index (χ2n) is 7.51. The van der Waals surface area contributed by atoms with E-state index in [2.05, 4.69) is 15.6 Å². The summed E-state index contributed by atoms with van der Waals surface area (Å²) in [5.41, 5.74) is 1.98. The molecule has 0 aliphatic carbocycles. The first-order valence-electron chi connectivity index (χ1n) is 9.34. The minimum absolute atomic E-state index is 0.0283. The SMILES string of the molecule is Cc1cc(C)c2ccc(C(=O)N3CCC4(CC3)NCCNC4=O)nc2c1O. The maximum Gasteiger partial charge on any atom is 0.272 e. The van der Waals surface area contributed by atoms with Crippen molar-refractivity contribution in [1.29, 1.82) is 0 Å². The number of nitrogens with one attached hydrogen (secondary N) is 2. The van der Waals surface area contributed by atoms with Gasteiger partial charge in [-0.1, -0.05) is 12.1 Å². The third-order valence-electron chi connectivity index (χ3n) is 5.78. The lowest BCUT2D eigenvalue weighted by atomic mass is 9.85. The second-order valence-corrected chi connectivity index (χ2v) is 7.51. The molecule has 1 aromatic heterocycles. The van der Waals surface area contributed by atoms with Gasteiger partial charge in [0.25, 0.3) is 5.91 Å². The highest BCUT2D eigenvalue weighted by Gasteiger charge is 2.43. The maximum absolute atomic E-state index is 12.9. The van der Waals surface area contributed by atoms with Crippen LogP contribution in [0.1, 0.15) is 34.5 Å². The molecule has 4 rings (SSSR count). The summed E-state index contributed by atoms with van der Waals surface area (Å²) in [7, 11) is 0. The smallest absolute Gasteiger partial charge is 0.272 e. The Morgan fingerprint density at radius 3 is 2.63 bits per heavy atom. The summed E-state index contributed by atoms with van der Waals surface area (Å²) in [6, 6.07) is 5.46. The van der Waals surface area contributed by atoms with Crippen molar-refractivity contribution in [2.45, 2.75) is 32.2 Å². The molecule has 27 heavy (non-hydrogen) atoms. The van der Waals surface area contributed by atoms with E-state index in [1.54, 1.807) is 11.0 Å². The molecule has 0 atom stereocenters. The lowest BCUT2D eigenvalue weighted by Gasteiger charge is -2.43. The molecule has 0 unspecified atom stereocenters. The zero-order chi connectivity index (χ0) is 19.2. The number of fused-ring (bicyclic) bond motifs is 1. The van der Waals surface area contributed by atoms with Gasteiger partial charge >= 0.3 is 0 Å². The van der Waals surface area contributed by atoms with E-state index >= 15 is 0 Å². The first kappa shape index (κ1) is 17.7. The number of aromatic hydroxyl groups is 1. The number of carbonyl (C=O) groups excluding carboxylic acids is 2. The Balaban J connectivity index is 1.57. The van der Waals surface area contributed by atoms with Crippen LogP contribution in [0.5, 0.6) is 5.75 Å². The van der Waals surface area contributed by atoms with E-state index < -0.39 is 5.54 Å². The molecule has 2 aliphatic rings. The van der Waals surface area contributed by atoms with Gasteiger partial charge in [-0.15, -0.1) is 0 Å². The number of benzene rings is 1. The van der Waals surface area contributed by atoms with Crippen molar-refractivity contribution in [1.82, 2.24) is 20.5 Å². The number of nitrogens with zero attached hydrogens (tertiary/aromatic N) is 2. The molecule has 7 nitrogen and oxygen atoms in total. The van der Waals surface area contributed by atoms with Crippen LogP contribution < -0.4 is 10.6 Å². The minimum atomic E-state index is -0.557. The Labute approximate surface area is 157 Å². The van der Waals surface area contributed by atoms with Crippen LogP contribution in [0, 0.1) is 13.8 Å². The third-order valence-corrected chi connectivity index (χ3v) is 5.78. The van der Waals surface area contributed by atoms with Crippen LogP contribution in [0.25, 0.3) is 10.9 Å². The van der Waals surface area contributed by atoms with Crippen LogP contribution in [0.2, 0.25) is 0 Å². The predicted octanol–water partition coefficient (Wildman–Crippen LogP) is 1.25. The largest absolute Gasteiger partial charge is 0.505 e. The van der Waals surface area contributed by atoms with Gasteiger partial charge in [0.15, 0.2) is 0 Å². The molecule has 0 saturated carbocycles. The van der Waals surface area contributed by atoms with E-state index in [9.17, 15) is 14.7 Å². The lowest BCUT2D eigenvalue weighted by molar-refractivity contribution is -0.131. The normalized spacial score (nSPS) is 19.3. The highest BCUT2D eigenvalue weighted by atomic mass is 16.3. The van der Waals surface area contributed by atoms with Crippen molar-refractivity contribution in [3.05, 3.63) is 35.0 Å². The van der Waals surface area contributed by atoms with Crippen molar-refractivity contribution < 1.29 is 14.7 Å². The summed E-state index contributed by atoms with van der Waals surface area (Å²) >= 11 is 0. The highest BCUT2D eigenvalue weighted by Crippen LogP contribution is 2.30. The van der Waals surface area contributed by atoms with Crippen molar-refractivity contribution in [2.24, 2.45) is 0 Å². The fourth-order valence-corrected chi connectivity index (χ4v) is 4.12. The van der Waals surface area contributed by atoms with Crippen LogP contribution in [-0.2, 0) is 4.79 Å². The maximum atomic E-state index is 12.9. The fourth-order valence-electron chi connectivity index (χ4n) is 4.12. The van der Waals surface area contributed by atoms with Crippen molar-refractivity contribution in [2.75, 3.05) is 26.2 Å². The average Bonchev–Trinajstić information content (AvgIpc) is 2.68. The number of carbonyl (C=O) groups is 2. The number of amides is 2. The number of aryl methyl sites for hydroxylation is 2. The molecule has 1 aromatic carbocycles. The van der Waals surface area contributed by atoms with Gasteiger partial charge in [0.05, 0.1) is 0 Å². The number of piperidine rings is 1. The summed E-state index contributed by atoms with van der Waals surface area (Å²) in [5.74, 6) is -0.0204. The highest BCUT2D eigenvalue weighted by molar-refractivity contribution is 5.97. The predicted molar refractivity (Wildman–Crippen MR) is 102 cm³/mol. The van der Waals surface area contributed by atoms with E-state index in [1.165, 1.54) is 0 Å². The molecule has 1 spiro atoms. The summed E-state index contributed by atoms with van der Waals surface area (Å²) in [6.07, 6.45) is 1.17.